The summed E-state index contributed by atoms with van der Waals surface area (Å²) < 4.78 is 43.8. The molecule has 14 nitrogen and oxygen atoms in total. The molecule has 15 atom stereocenters. The van der Waals surface area contributed by atoms with E-state index in [-0.39, 0.29) is 66.8 Å². The van der Waals surface area contributed by atoms with Gasteiger partial charge in [-0.3, -0.25) is 19.2 Å². The molecule has 0 radical (unpaired) electrons. The molecule has 16 heteroatoms. The molecule has 2 bridgehead atoms. The third kappa shape index (κ3) is 18.1. The lowest BCUT2D eigenvalue weighted by Gasteiger charge is -2.42. The Kier molecular flexibility index (Phi) is 23.9. The number of cyclic esters (lactones) is 1. The predicted octanol–water partition coefficient (Wildman–Crippen LogP) is 9.90. The molecule has 3 heterocycles. The second-order valence-corrected chi connectivity index (χ2v) is 32.9. The Morgan fingerprint density at radius 3 is 2.08 bits per heavy atom. The molecule has 1 amide bonds. The van der Waals surface area contributed by atoms with Crippen LogP contribution in [0.5, 0.6) is 0 Å². The summed E-state index contributed by atoms with van der Waals surface area (Å²) in [7, 11) is 0.716. The molecule has 1 N–H and O–H groups in total. The summed E-state index contributed by atoms with van der Waals surface area (Å²) in [5.74, 6) is -7.19. The van der Waals surface area contributed by atoms with Gasteiger partial charge in [0.15, 0.2) is 22.4 Å². The molecule has 1 saturated carbocycles. The number of methoxy groups -OCH3 is 3. The van der Waals surface area contributed by atoms with Crippen molar-refractivity contribution in [2.24, 2.45) is 35.5 Å². The number of hydrogen-bond donors (Lipinski definition) is 1. The Hall–Kier alpha value is -2.94. The second kappa shape index (κ2) is 27.9. The molecular formula is C57H95NO13Si2. The zero-order chi connectivity index (χ0) is 54.6. The summed E-state index contributed by atoms with van der Waals surface area (Å²) in [6, 6.07) is -1.11. The average molecular weight is 1060 g/mol. The molecule has 0 aromatic heterocycles. The minimum atomic E-state index is -2.42. The molecule has 4 aliphatic rings. The first-order chi connectivity index (χ1) is 34.1. The van der Waals surface area contributed by atoms with Crippen LogP contribution in [0, 0.1) is 35.5 Å². The number of rotatable bonds is 10. The quantitative estimate of drug-likeness (QED) is 0.0949. The maximum Gasteiger partial charge on any atom is 0.329 e. The molecule has 1 aliphatic carbocycles. The summed E-state index contributed by atoms with van der Waals surface area (Å²) in [6.07, 6.45) is 14.3. The summed E-state index contributed by atoms with van der Waals surface area (Å²) in [5, 5.41) is 12.1. The number of carbonyl (C=O) groups is 5. The number of allylic oxidation sites excluding steroid dienone is 6. The number of Topliss-reactive ketones (excluding diaryl/α,β-unsaturated/α-hetero) is 3. The number of fused-ring (bicyclic) bond motifs is 3. The number of esters is 1. The van der Waals surface area contributed by atoms with Crippen molar-refractivity contribution in [3.05, 3.63) is 47.6 Å². The van der Waals surface area contributed by atoms with Crippen molar-refractivity contribution in [1.82, 2.24) is 4.90 Å². The Bertz CT molecular complexity index is 1990. The fourth-order valence-corrected chi connectivity index (χ4v) is 13.5. The molecular weight excluding hydrogens is 963 g/mol. The summed E-state index contributed by atoms with van der Waals surface area (Å²) >= 11 is 0. The number of ether oxygens (including phenoxy) is 5. The number of aliphatic hydroxyl groups is 1. The van der Waals surface area contributed by atoms with Crippen LogP contribution in [0.4, 0.5) is 0 Å². The summed E-state index contributed by atoms with van der Waals surface area (Å²) in [6.45, 7) is 26.1. The molecule has 2 saturated heterocycles. The van der Waals surface area contributed by atoms with Crippen molar-refractivity contribution in [3.63, 3.8) is 0 Å². The maximum atomic E-state index is 14.7. The largest absolute Gasteiger partial charge is 0.460 e. The van der Waals surface area contributed by atoms with Crippen LogP contribution >= 0.6 is 0 Å². The highest BCUT2D eigenvalue weighted by Crippen LogP contribution is 2.39. The molecule has 3 fully saturated rings. The lowest BCUT2D eigenvalue weighted by Crippen LogP contribution is -2.61. The van der Waals surface area contributed by atoms with Crippen LogP contribution in [-0.4, -0.2) is 138 Å². The molecule has 3 aliphatic heterocycles. The molecule has 0 spiro atoms. The van der Waals surface area contributed by atoms with Gasteiger partial charge in [0, 0.05) is 58.5 Å². The number of piperidine rings is 1. The zero-order valence-electron chi connectivity index (χ0n) is 47.5. The van der Waals surface area contributed by atoms with E-state index in [9.17, 15) is 29.1 Å². The Morgan fingerprint density at radius 2 is 1.45 bits per heavy atom. The van der Waals surface area contributed by atoms with E-state index in [1.54, 1.807) is 21.1 Å². The lowest BCUT2D eigenvalue weighted by atomic mass is 9.78. The monoisotopic (exact) mass is 1060 g/mol. The van der Waals surface area contributed by atoms with Crippen LogP contribution in [0.3, 0.4) is 0 Å². The number of carbonyl (C=O) groups excluding carboxylic acids is 5. The van der Waals surface area contributed by atoms with Crippen molar-refractivity contribution in [3.8, 4) is 0 Å². The van der Waals surface area contributed by atoms with Gasteiger partial charge in [0.2, 0.25) is 5.79 Å². The first-order valence-corrected chi connectivity index (χ1v) is 34.1. The van der Waals surface area contributed by atoms with Gasteiger partial charge in [-0.1, -0.05) is 71.1 Å². The van der Waals surface area contributed by atoms with E-state index in [0.717, 1.165) is 24.8 Å². The van der Waals surface area contributed by atoms with Gasteiger partial charge in [-0.25, -0.2) is 4.79 Å². The molecule has 0 aromatic rings. The van der Waals surface area contributed by atoms with Crippen LogP contribution in [0.25, 0.3) is 0 Å². The highest BCUT2D eigenvalue weighted by molar-refractivity contribution is 6.70. The molecule has 4 rings (SSSR count). The average Bonchev–Trinajstić information content (AvgIpc) is 3.32. The highest BCUT2D eigenvalue weighted by atomic mass is 28.4. The van der Waals surface area contributed by atoms with Crippen molar-refractivity contribution in [1.29, 1.82) is 0 Å². The van der Waals surface area contributed by atoms with Gasteiger partial charge in [-0.05, 0) is 146 Å². The van der Waals surface area contributed by atoms with Crippen molar-refractivity contribution in [2.45, 2.75) is 219 Å². The van der Waals surface area contributed by atoms with Gasteiger partial charge >= 0.3 is 5.97 Å². The van der Waals surface area contributed by atoms with Crippen molar-refractivity contribution >= 4 is 45.9 Å². The highest BCUT2D eigenvalue weighted by Gasteiger charge is 2.53. The van der Waals surface area contributed by atoms with Gasteiger partial charge in [-0.15, -0.1) is 0 Å². The minimum Gasteiger partial charge on any atom is -0.460 e. The van der Waals surface area contributed by atoms with Crippen LogP contribution in [-0.2, 0) is 56.5 Å². The zero-order valence-corrected chi connectivity index (χ0v) is 49.5. The maximum absolute atomic E-state index is 14.7. The smallest absolute Gasteiger partial charge is 0.329 e. The standard InChI is InChI=1S/C57H95NO13Si2/c1-36-22-18-17-19-23-37(2)48(65-8)34-44-27-25-42(7)57(64,69-44)54(61)55(62)58-29-21-20-24-45(58)56(63)68-49(39(4)32-43-26-28-47(50(33-43)66-9)70-72(11,12)13)35-46(59)38(3)31-41(6)52(71-73(14,15)16)53(67-10)51(60)40(5)30-36/h17-19,22-23,31,36,38-40,42-45,47-50,52-53,64H,20-21,24-30,32-35H2,1-16H3/b19-17?,22-18+,37-23?,41-31+/t36-,38-,39-,40?,42-,43+,44+,45+,47-,48+,49+,50-,52-,53+,57-/m1/s1. The molecule has 414 valence electrons. The van der Waals surface area contributed by atoms with Gasteiger partial charge in [0.05, 0.1) is 30.5 Å². The van der Waals surface area contributed by atoms with Crippen molar-refractivity contribution in [2.75, 3.05) is 27.9 Å². The normalized spacial score (nSPS) is 36.6. The van der Waals surface area contributed by atoms with Crippen LogP contribution < -0.4 is 0 Å². The SMILES string of the molecule is CO[C@H]1C[C@@H]2CC[C@@H](C)[C@@](O)(O2)C(=O)C(=O)N2CCCC[C@H]2C(=O)O[C@H]([C@H](C)C[C@@H]2CC[C@@H](O[Si](C)(C)C)[C@H](OC)C2)CC(=O)[C@H](C)/C=C(\C)[C@@H](O[Si](C)(C)C)[C@@H](OC)C(=O)C(C)C[C@H](C)/C=C/C=CC=C1C. The minimum absolute atomic E-state index is 0.00537. The van der Waals surface area contributed by atoms with Gasteiger partial charge in [-0.2, -0.15) is 0 Å². The second-order valence-electron chi connectivity index (χ2n) is 24.0. The van der Waals surface area contributed by atoms with Gasteiger partial charge < -0.3 is 42.5 Å². The first kappa shape index (κ1) is 62.6. The van der Waals surface area contributed by atoms with E-state index in [4.69, 9.17) is 32.5 Å². The first-order valence-electron chi connectivity index (χ1n) is 27.3. The molecule has 73 heavy (non-hydrogen) atoms. The van der Waals surface area contributed by atoms with E-state index < -0.39 is 88.5 Å². The summed E-state index contributed by atoms with van der Waals surface area (Å²) in [5.41, 5.74) is 1.60. The third-order valence-electron chi connectivity index (χ3n) is 15.4. The Morgan fingerprint density at radius 1 is 0.767 bits per heavy atom. The van der Waals surface area contributed by atoms with Gasteiger partial charge in [0.25, 0.3) is 11.7 Å². The van der Waals surface area contributed by atoms with E-state index >= 15 is 0 Å². The van der Waals surface area contributed by atoms with E-state index in [1.807, 2.05) is 65.0 Å². The van der Waals surface area contributed by atoms with Gasteiger partial charge in [0.1, 0.15) is 24.0 Å². The number of ketones is 3. The fraction of sp³-hybridized carbons (Fsp3) is 0.772. The van der Waals surface area contributed by atoms with Crippen LogP contribution in [0.2, 0.25) is 39.3 Å². The summed E-state index contributed by atoms with van der Waals surface area (Å²) in [4.78, 5) is 73.6. The Balaban J connectivity index is 1.76. The number of nitrogens with zero attached hydrogens (tertiary/aromatic N) is 1. The molecule has 0 aromatic carbocycles. The third-order valence-corrected chi connectivity index (χ3v) is 17.4. The molecule has 1 unspecified atom stereocenters. The van der Waals surface area contributed by atoms with Crippen LogP contribution in [0.15, 0.2) is 47.6 Å². The fourth-order valence-electron chi connectivity index (χ4n) is 11.2. The van der Waals surface area contributed by atoms with E-state index in [0.29, 0.717) is 50.5 Å². The Labute approximate surface area is 441 Å². The lowest BCUT2D eigenvalue weighted by molar-refractivity contribution is -0.265. The predicted molar refractivity (Wildman–Crippen MR) is 290 cm³/mol. The van der Waals surface area contributed by atoms with Crippen LogP contribution in [0.1, 0.15) is 126 Å². The van der Waals surface area contributed by atoms with E-state index in [2.05, 4.69) is 52.3 Å². The topological polar surface area (TPSA) is 173 Å². The van der Waals surface area contributed by atoms with Crippen molar-refractivity contribution < 1.29 is 61.6 Å². The number of hydrogen-bond acceptors (Lipinski definition) is 13. The number of amides is 1. The van der Waals surface area contributed by atoms with E-state index in [1.165, 1.54) is 12.0 Å².